The molecule has 0 bridgehead atoms. The third-order valence-corrected chi connectivity index (χ3v) is 11.8. The van der Waals surface area contributed by atoms with Crippen molar-refractivity contribution in [2.45, 2.75) is 74.8 Å². The minimum Gasteiger partial charge on any atom is -0.464 e. The van der Waals surface area contributed by atoms with Crippen molar-refractivity contribution in [3.63, 3.8) is 0 Å². The quantitative estimate of drug-likeness (QED) is 0.186. The second-order valence-corrected chi connectivity index (χ2v) is 14.6. The van der Waals surface area contributed by atoms with Crippen LogP contribution in [-0.4, -0.2) is 55.2 Å². The average molecular weight is 615 g/mol. The molecule has 4 heterocycles. The molecule has 3 aromatic rings. The Balaban J connectivity index is 1.16. The fourth-order valence-electron chi connectivity index (χ4n) is 7.94. The molecule has 4 aliphatic rings. The smallest absolute Gasteiger partial charge is 0.338 e. The van der Waals surface area contributed by atoms with E-state index in [1.165, 1.54) is 0 Å². The van der Waals surface area contributed by atoms with Gasteiger partial charge in [0.2, 0.25) is 15.9 Å². The number of amides is 1. The summed E-state index contributed by atoms with van der Waals surface area (Å²) in [5, 5.41) is 0. The first-order valence-corrected chi connectivity index (χ1v) is 17.1. The Bertz CT molecular complexity index is 1700. The van der Waals surface area contributed by atoms with Crippen molar-refractivity contribution < 1.29 is 27.2 Å². The van der Waals surface area contributed by atoms with E-state index in [1.54, 1.807) is 28.6 Å². The van der Waals surface area contributed by atoms with Crippen molar-refractivity contribution in [2.75, 3.05) is 19.7 Å². The number of rotatable bonds is 7. The Labute approximate surface area is 258 Å². The van der Waals surface area contributed by atoms with Gasteiger partial charge >= 0.3 is 5.97 Å². The van der Waals surface area contributed by atoms with Crippen molar-refractivity contribution in [3.8, 4) is 0 Å². The van der Waals surface area contributed by atoms with Crippen LogP contribution >= 0.6 is 0 Å². The van der Waals surface area contributed by atoms with Gasteiger partial charge in [-0.15, -0.1) is 0 Å². The molecule has 1 aliphatic carbocycles. The van der Waals surface area contributed by atoms with E-state index in [4.69, 9.17) is 9.15 Å². The van der Waals surface area contributed by atoms with E-state index in [0.717, 1.165) is 35.5 Å². The Morgan fingerprint density at radius 2 is 1.91 bits per heavy atom. The second kappa shape index (κ2) is 11.3. The van der Waals surface area contributed by atoms with E-state index in [2.05, 4.69) is 18.2 Å². The monoisotopic (exact) mass is 614 g/mol. The van der Waals surface area contributed by atoms with Gasteiger partial charge in [0.05, 0.1) is 29.1 Å². The zero-order chi connectivity index (χ0) is 30.5. The summed E-state index contributed by atoms with van der Waals surface area (Å²) in [5.41, 5.74) is 2.19. The third kappa shape index (κ3) is 4.90. The minimum atomic E-state index is -3.70. The number of furan rings is 1. The zero-order valence-corrected chi connectivity index (χ0v) is 25.8. The average Bonchev–Trinajstić information content (AvgIpc) is 3.63. The van der Waals surface area contributed by atoms with Gasteiger partial charge in [0, 0.05) is 31.3 Å². The van der Waals surface area contributed by atoms with Gasteiger partial charge in [0.25, 0.3) is 0 Å². The number of carbonyl (C=O) groups excluding carboxylic acids is 2. The predicted octanol–water partition coefficient (Wildman–Crippen LogP) is 5.94. The van der Waals surface area contributed by atoms with Crippen LogP contribution < -0.4 is 0 Å². The van der Waals surface area contributed by atoms with Crippen molar-refractivity contribution in [1.82, 2.24) is 9.21 Å². The molecule has 0 radical (unpaired) electrons. The van der Waals surface area contributed by atoms with Crippen molar-refractivity contribution >= 4 is 21.9 Å². The number of benzene rings is 2. The van der Waals surface area contributed by atoms with E-state index in [0.29, 0.717) is 55.7 Å². The number of aryl methyl sites for hydroxylation is 2. The highest BCUT2D eigenvalue weighted by Gasteiger charge is 2.66. The molecule has 2 aromatic carbocycles. The first-order chi connectivity index (χ1) is 21.3. The summed E-state index contributed by atoms with van der Waals surface area (Å²) in [4.78, 5) is 28.3. The Morgan fingerprint density at radius 1 is 1.11 bits per heavy atom. The van der Waals surface area contributed by atoms with Gasteiger partial charge in [0.1, 0.15) is 11.5 Å². The molecule has 1 aromatic heterocycles. The Hall–Kier alpha value is -3.69. The van der Waals surface area contributed by atoms with Crippen LogP contribution in [0.25, 0.3) is 0 Å². The molecule has 230 valence electrons. The number of carbonyl (C=O) groups is 2. The Morgan fingerprint density at radius 3 is 2.70 bits per heavy atom. The summed E-state index contributed by atoms with van der Waals surface area (Å²) < 4.78 is 41.5. The van der Waals surface area contributed by atoms with Gasteiger partial charge < -0.3 is 14.1 Å². The first kappa shape index (κ1) is 29.0. The molecule has 3 aliphatic heterocycles. The summed E-state index contributed by atoms with van der Waals surface area (Å²) in [7, 11) is -3.70. The lowest BCUT2D eigenvalue weighted by atomic mass is 9.69. The molecule has 1 amide bonds. The molecule has 0 saturated carbocycles. The number of ether oxygens (including phenoxy) is 1. The summed E-state index contributed by atoms with van der Waals surface area (Å²) in [6.07, 6.45) is 9.06. The second-order valence-electron chi connectivity index (χ2n) is 12.7. The van der Waals surface area contributed by atoms with Gasteiger partial charge in [0.15, 0.2) is 0 Å². The minimum absolute atomic E-state index is 0.0866. The van der Waals surface area contributed by atoms with E-state index < -0.39 is 15.4 Å². The molecule has 44 heavy (non-hydrogen) atoms. The lowest BCUT2D eigenvalue weighted by Crippen LogP contribution is -2.50. The SMILES string of the molecule is Cc1ccc(S(=O)(=O)N2CC[C@@H]3c4cc(CCCOC(=O)c5ccccc5)oc4[C@H]4N5C(=O)CCC/C=C\[C@@H]5C[C@@]34C2)cc1. The normalized spacial score (nSPS) is 27.1. The van der Waals surface area contributed by atoms with Gasteiger partial charge in [-0.1, -0.05) is 48.0 Å². The number of nitrogens with zero attached hydrogens (tertiary/aromatic N) is 2. The maximum absolute atomic E-state index is 13.9. The summed E-state index contributed by atoms with van der Waals surface area (Å²) in [6, 6.07) is 17.7. The van der Waals surface area contributed by atoms with Gasteiger partial charge in [-0.2, -0.15) is 4.31 Å². The maximum Gasteiger partial charge on any atom is 0.338 e. The standard InChI is InChI=1S/C35H38N2O6S/c1-24-14-16-28(17-15-24)44(40,41)36-19-18-30-29-21-27(12-8-20-42-34(39)25-9-4-2-5-10-25)43-32(29)33-35(30,23-36)22-26-11-6-3-7-13-31(38)37(26)33/h2,4-6,9-11,14-17,21,26,30,33H,3,7-8,12-13,18-20,22-23H2,1H3/b11-6-/t26-,30-,33-,35-/m1/s1. The molecule has 7 rings (SSSR count). The van der Waals surface area contributed by atoms with Crippen LogP contribution in [0.5, 0.6) is 0 Å². The van der Waals surface area contributed by atoms with Crippen molar-refractivity contribution in [2.24, 2.45) is 5.41 Å². The van der Waals surface area contributed by atoms with E-state index in [-0.39, 0.29) is 36.5 Å². The number of sulfonamides is 1. The van der Waals surface area contributed by atoms with Gasteiger partial charge in [-0.25, -0.2) is 13.2 Å². The fourth-order valence-corrected chi connectivity index (χ4v) is 9.48. The van der Waals surface area contributed by atoms with Gasteiger partial charge in [-0.3, -0.25) is 4.79 Å². The van der Waals surface area contributed by atoms with Crippen LogP contribution in [0.4, 0.5) is 0 Å². The number of hydrogen-bond donors (Lipinski definition) is 0. The molecule has 2 fully saturated rings. The zero-order valence-electron chi connectivity index (χ0n) is 25.0. The third-order valence-electron chi connectivity index (χ3n) is 9.94. The number of esters is 1. The molecule has 2 saturated heterocycles. The van der Waals surface area contributed by atoms with Crippen LogP contribution in [0, 0.1) is 12.3 Å². The molecule has 9 heteroatoms. The molecule has 0 N–H and O–H groups in total. The Kier molecular flexibility index (Phi) is 7.49. The highest BCUT2D eigenvalue weighted by molar-refractivity contribution is 7.89. The largest absolute Gasteiger partial charge is 0.464 e. The highest BCUT2D eigenvalue weighted by Crippen LogP contribution is 2.67. The summed E-state index contributed by atoms with van der Waals surface area (Å²) in [6.45, 7) is 2.99. The van der Waals surface area contributed by atoms with E-state index in [9.17, 15) is 18.0 Å². The first-order valence-electron chi connectivity index (χ1n) is 15.7. The van der Waals surface area contributed by atoms with Crippen LogP contribution in [0.15, 0.2) is 82.1 Å². The van der Waals surface area contributed by atoms with E-state index in [1.807, 2.05) is 42.2 Å². The van der Waals surface area contributed by atoms with Crippen molar-refractivity contribution in [1.29, 1.82) is 0 Å². The number of fused-ring (bicyclic) bond motifs is 5. The lowest BCUT2D eigenvalue weighted by molar-refractivity contribution is -0.135. The molecule has 4 atom stereocenters. The predicted molar refractivity (Wildman–Crippen MR) is 164 cm³/mol. The summed E-state index contributed by atoms with van der Waals surface area (Å²) in [5.74, 6) is 1.48. The van der Waals surface area contributed by atoms with Crippen LogP contribution in [0.2, 0.25) is 0 Å². The molecular formula is C35H38N2O6S. The number of allylic oxidation sites excluding steroid dienone is 1. The fraction of sp³-hybridized carbons (Fsp3) is 0.429. The van der Waals surface area contributed by atoms with Gasteiger partial charge in [-0.05, 0) is 80.8 Å². The number of hydrogen-bond acceptors (Lipinski definition) is 6. The lowest BCUT2D eigenvalue weighted by Gasteiger charge is -2.44. The van der Waals surface area contributed by atoms with Crippen LogP contribution in [0.1, 0.15) is 83.5 Å². The number of piperidine rings is 1. The van der Waals surface area contributed by atoms with E-state index >= 15 is 0 Å². The molecule has 8 nitrogen and oxygen atoms in total. The topological polar surface area (TPSA) is 97.1 Å². The molecule has 0 unspecified atom stereocenters. The molecular weight excluding hydrogens is 576 g/mol. The van der Waals surface area contributed by atoms with Crippen molar-refractivity contribution in [3.05, 3.63) is 101 Å². The van der Waals surface area contributed by atoms with Crippen LogP contribution in [0.3, 0.4) is 0 Å². The molecule has 1 spiro atoms. The highest BCUT2D eigenvalue weighted by atomic mass is 32.2. The van der Waals surface area contributed by atoms with Crippen LogP contribution in [-0.2, 0) is 26.0 Å². The summed E-state index contributed by atoms with van der Waals surface area (Å²) >= 11 is 0. The maximum atomic E-state index is 13.9.